The van der Waals surface area contributed by atoms with Crippen molar-refractivity contribution in [2.24, 2.45) is 21.9 Å². The predicted octanol–water partition coefficient (Wildman–Crippen LogP) is 2.15. The Morgan fingerprint density at radius 2 is 2.04 bits per heavy atom. The highest BCUT2D eigenvalue weighted by Crippen LogP contribution is 2.64. The number of carbonyl (C=O) groups is 1. The molecule has 2 atom stereocenters. The Balaban J connectivity index is 1.80. The molecule has 1 aromatic rings. The maximum Gasteiger partial charge on any atom is 0.329 e. The van der Waals surface area contributed by atoms with Gasteiger partial charge in [0.25, 0.3) is 0 Å². The smallest absolute Gasteiger partial charge is 0.329 e. The van der Waals surface area contributed by atoms with Gasteiger partial charge in [0.05, 0.1) is 12.0 Å². The van der Waals surface area contributed by atoms with E-state index in [1.165, 1.54) is 0 Å². The minimum absolute atomic E-state index is 0.0278. The molecule has 2 aliphatic carbocycles. The molecule has 0 aromatic heterocycles. The van der Waals surface area contributed by atoms with Crippen molar-refractivity contribution >= 4 is 21.6 Å². The molecule has 1 aromatic carbocycles. The van der Waals surface area contributed by atoms with Crippen molar-refractivity contribution in [1.82, 2.24) is 0 Å². The van der Waals surface area contributed by atoms with Crippen LogP contribution in [0.5, 0.6) is 0 Å². The zero-order chi connectivity index (χ0) is 19.9. The number of benzene rings is 1. The Labute approximate surface area is 158 Å². The van der Waals surface area contributed by atoms with Crippen molar-refractivity contribution in [2.75, 3.05) is 5.75 Å². The lowest BCUT2D eigenvalue weighted by Gasteiger charge is -2.35. The molecule has 27 heavy (non-hydrogen) atoms. The predicted molar refractivity (Wildman–Crippen MR) is 97.9 cm³/mol. The fourth-order valence-electron chi connectivity index (χ4n) is 4.44. The minimum atomic E-state index is -4.14. The van der Waals surface area contributed by atoms with E-state index in [0.29, 0.717) is 24.0 Å². The molecule has 0 heterocycles. The normalized spacial score (nSPS) is 26.8. The van der Waals surface area contributed by atoms with E-state index in [1.807, 2.05) is 19.9 Å². The van der Waals surface area contributed by atoms with E-state index in [-0.39, 0.29) is 24.0 Å². The van der Waals surface area contributed by atoms with Crippen LogP contribution in [0.3, 0.4) is 0 Å². The third kappa shape index (κ3) is 3.26. The summed E-state index contributed by atoms with van der Waals surface area (Å²) in [5.74, 6) is -0.253. The van der Waals surface area contributed by atoms with Gasteiger partial charge in [0.1, 0.15) is 17.6 Å². The Morgan fingerprint density at radius 3 is 2.52 bits per heavy atom. The molecule has 0 spiro atoms. The fraction of sp³-hybridized carbons (Fsp3) is 0.526. The molecule has 0 saturated heterocycles. The number of fused-ring (bicyclic) bond motifs is 2. The monoisotopic (exact) mass is 390 g/mol. The van der Waals surface area contributed by atoms with Gasteiger partial charge in [0.15, 0.2) is 5.71 Å². The largest absolute Gasteiger partial charge is 0.392 e. The molecule has 0 radical (unpaired) electrons. The second kappa shape index (κ2) is 6.73. The summed E-state index contributed by atoms with van der Waals surface area (Å²) in [4.78, 5) is 12.5. The lowest BCUT2D eigenvalue weighted by Crippen LogP contribution is -2.42. The molecule has 0 amide bonds. The van der Waals surface area contributed by atoms with E-state index in [4.69, 9.17) is 9.39 Å². The van der Waals surface area contributed by atoms with Crippen LogP contribution < -0.4 is 0 Å². The number of rotatable bonds is 6. The number of oxime groups is 1. The molecule has 0 aliphatic heterocycles. The summed E-state index contributed by atoms with van der Waals surface area (Å²) in [5, 5.41) is 21.8. The minimum Gasteiger partial charge on any atom is -0.392 e. The summed E-state index contributed by atoms with van der Waals surface area (Å²) >= 11 is 0. The zero-order valence-electron chi connectivity index (χ0n) is 15.3. The van der Waals surface area contributed by atoms with Gasteiger partial charge >= 0.3 is 10.1 Å². The molecule has 2 aliphatic rings. The van der Waals surface area contributed by atoms with Crippen molar-refractivity contribution in [1.29, 1.82) is 5.26 Å². The lowest BCUT2D eigenvalue weighted by molar-refractivity contribution is -0.128. The summed E-state index contributed by atoms with van der Waals surface area (Å²) in [6.45, 7) is 3.74. The molecule has 8 heteroatoms. The number of Topliss-reactive ketones (excluding diaryl/α,β-unsaturated/α-hetero) is 1. The molecule has 144 valence electrons. The Morgan fingerprint density at radius 1 is 1.37 bits per heavy atom. The van der Waals surface area contributed by atoms with Crippen molar-refractivity contribution in [2.45, 2.75) is 39.7 Å². The first-order chi connectivity index (χ1) is 12.6. The number of nitrogens with zero attached hydrogens (tertiary/aromatic N) is 2. The molecular formula is C19H22N2O5S. The topological polar surface area (TPSA) is 117 Å². The van der Waals surface area contributed by atoms with Crippen LogP contribution >= 0.6 is 0 Å². The molecule has 7 nitrogen and oxygen atoms in total. The first-order valence-corrected chi connectivity index (χ1v) is 10.4. The van der Waals surface area contributed by atoms with Gasteiger partial charge in [-0.2, -0.15) is 13.7 Å². The molecule has 2 fully saturated rings. The Kier molecular flexibility index (Phi) is 4.87. The van der Waals surface area contributed by atoms with Gasteiger partial charge < -0.3 is 5.11 Å². The van der Waals surface area contributed by atoms with Crippen LogP contribution in [0, 0.1) is 28.1 Å². The zero-order valence-corrected chi connectivity index (χ0v) is 16.1. The van der Waals surface area contributed by atoms with Crippen LogP contribution in [-0.4, -0.2) is 30.8 Å². The van der Waals surface area contributed by atoms with Crippen molar-refractivity contribution in [3.05, 3.63) is 35.4 Å². The number of aliphatic hydroxyl groups excluding tert-OH is 1. The van der Waals surface area contributed by atoms with E-state index in [1.54, 1.807) is 24.3 Å². The standard InChI is InChI=1S/C19H22N2O5S/c1-18(2)15-7-8-19(18,17(23)9-15)12-27(24,25)26-21-16(10-20)14-5-3-13(11-22)4-6-14/h3-6,15,22H,7-9,11-12H2,1-2H3/b21-16-. The Hall–Kier alpha value is -2.24. The number of ketones is 1. The number of hydrogen-bond donors (Lipinski definition) is 1. The van der Waals surface area contributed by atoms with E-state index < -0.39 is 26.7 Å². The van der Waals surface area contributed by atoms with Crippen molar-refractivity contribution in [3.8, 4) is 6.07 Å². The Bertz CT molecular complexity index is 928. The van der Waals surface area contributed by atoms with Crippen molar-refractivity contribution < 1.29 is 22.6 Å². The number of aliphatic hydroxyl groups is 1. The average Bonchev–Trinajstić information content (AvgIpc) is 2.96. The van der Waals surface area contributed by atoms with E-state index in [0.717, 1.165) is 6.42 Å². The third-order valence-corrected chi connectivity index (χ3v) is 7.47. The van der Waals surface area contributed by atoms with Gasteiger partial charge in [-0.05, 0) is 29.7 Å². The molecule has 2 saturated carbocycles. The third-order valence-electron chi connectivity index (χ3n) is 6.32. The molecule has 2 bridgehead atoms. The highest BCUT2D eigenvalue weighted by Gasteiger charge is 2.65. The summed E-state index contributed by atoms with van der Waals surface area (Å²) in [7, 11) is -4.14. The maximum atomic E-state index is 12.5. The summed E-state index contributed by atoms with van der Waals surface area (Å²) in [6.07, 6.45) is 1.77. The van der Waals surface area contributed by atoms with Gasteiger partial charge in [-0.15, -0.1) is 0 Å². The molecule has 2 unspecified atom stereocenters. The number of carbonyl (C=O) groups excluding carboxylic acids is 1. The first kappa shape index (κ1) is 19.5. The fourth-order valence-corrected chi connectivity index (χ4v) is 5.96. The van der Waals surface area contributed by atoms with Crippen molar-refractivity contribution in [3.63, 3.8) is 0 Å². The van der Waals surface area contributed by atoms with Gasteiger partial charge in [0.2, 0.25) is 0 Å². The van der Waals surface area contributed by atoms with Crippen LogP contribution in [0.4, 0.5) is 0 Å². The van der Waals surface area contributed by atoms with Crippen LogP contribution in [0.1, 0.15) is 44.2 Å². The number of hydrogen-bond acceptors (Lipinski definition) is 7. The van der Waals surface area contributed by atoms with E-state index in [2.05, 4.69) is 5.16 Å². The molecule has 3 rings (SSSR count). The van der Waals surface area contributed by atoms with Gasteiger partial charge in [-0.3, -0.25) is 9.08 Å². The van der Waals surface area contributed by atoms with Crippen LogP contribution in [0.15, 0.2) is 29.4 Å². The average molecular weight is 390 g/mol. The highest BCUT2D eigenvalue weighted by atomic mass is 32.2. The SMILES string of the molecule is CC1(C)C2CCC1(CS(=O)(=O)O/N=C(/C#N)c1ccc(CO)cc1)C(=O)C2. The summed E-state index contributed by atoms with van der Waals surface area (Å²) < 4.78 is 29.8. The highest BCUT2D eigenvalue weighted by molar-refractivity contribution is 7.86. The second-order valence-electron chi connectivity index (χ2n) is 7.85. The summed E-state index contributed by atoms with van der Waals surface area (Å²) in [6, 6.07) is 8.12. The lowest BCUT2D eigenvalue weighted by atomic mass is 9.70. The van der Waals surface area contributed by atoms with Crippen LogP contribution in [0.25, 0.3) is 0 Å². The van der Waals surface area contributed by atoms with E-state index >= 15 is 0 Å². The van der Waals surface area contributed by atoms with Gasteiger partial charge in [-0.25, -0.2) is 0 Å². The maximum absolute atomic E-state index is 12.5. The van der Waals surface area contributed by atoms with Gasteiger partial charge in [0, 0.05) is 12.0 Å². The van der Waals surface area contributed by atoms with Gasteiger partial charge in [-0.1, -0.05) is 43.3 Å². The molecular weight excluding hydrogens is 368 g/mol. The second-order valence-corrected chi connectivity index (χ2v) is 9.40. The number of nitriles is 1. The summed E-state index contributed by atoms with van der Waals surface area (Å²) in [5.41, 5.74) is -0.506. The quantitative estimate of drug-likeness (QED) is 0.587. The first-order valence-electron chi connectivity index (χ1n) is 8.78. The van der Waals surface area contributed by atoms with Crippen LogP contribution in [-0.2, 0) is 25.8 Å². The molecule has 1 N–H and O–H groups in total. The van der Waals surface area contributed by atoms with Crippen LogP contribution in [0.2, 0.25) is 0 Å². The van der Waals surface area contributed by atoms with E-state index in [9.17, 15) is 18.5 Å².